The molecule has 0 aliphatic rings. The number of thiol groups is 1. The van der Waals surface area contributed by atoms with E-state index in [9.17, 15) is 4.89 Å². The van der Waals surface area contributed by atoms with Gasteiger partial charge in [-0.25, -0.2) is 0 Å². The molecule has 0 aromatic rings. The van der Waals surface area contributed by atoms with Gasteiger partial charge in [0.2, 0.25) is 5.69 Å². The molecule has 1 N–H and O–H groups in total. The molecular weight excluding hydrogens is 343 g/mol. The van der Waals surface area contributed by atoms with Crippen LogP contribution in [-0.2, 0) is 16.3 Å². The van der Waals surface area contributed by atoms with Crippen molar-refractivity contribution in [2.24, 2.45) is 0 Å². The van der Waals surface area contributed by atoms with Crippen LogP contribution in [0.2, 0.25) is 0 Å². The Hall–Kier alpha value is 0.920. The third kappa shape index (κ3) is 22.9. The van der Waals surface area contributed by atoms with Gasteiger partial charge in [0.15, 0.2) is 0 Å². The van der Waals surface area contributed by atoms with Gasteiger partial charge in [-0.3, -0.25) is 0 Å². The highest BCUT2D eigenvalue weighted by Gasteiger charge is 2.04. The highest BCUT2D eigenvalue weighted by molar-refractivity contribution is 8.59. The van der Waals surface area contributed by atoms with Crippen molar-refractivity contribution in [1.82, 2.24) is 0 Å². The van der Waals surface area contributed by atoms with E-state index in [0.717, 1.165) is 6.42 Å². The average molecular weight is 383 g/mol. The topological polar surface area (TPSA) is 29.5 Å². The molecule has 0 fully saturated rings. The molecule has 140 valence electrons. The summed E-state index contributed by atoms with van der Waals surface area (Å²) in [5, 5.41) is 0. The van der Waals surface area contributed by atoms with Crippen molar-refractivity contribution in [1.29, 1.82) is 0 Å². The molecule has 5 heteroatoms. The van der Waals surface area contributed by atoms with E-state index in [-0.39, 0.29) is 0 Å². The molecule has 0 aliphatic heterocycles. The summed E-state index contributed by atoms with van der Waals surface area (Å²) in [6.07, 6.45) is 21.7. The van der Waals surface area contributed by atoms with Crippen molar-refractivity contribution in [2.45, 2.75) is 110 Å². The van der Waals surface area contributed by atoms with E-state index in [2.05, 4.69) is 19.2 Å². The van der Waals surface area contributed by atoms with Crippen LogP contribution in [0.5, 0.6) is 0 Å². The zero-order valence-corrected chi connectivity index (χ0v) is 17.8. The third-order valence-electron chi connectivity index (χ3n) is 4.26. The molecular formula is C18H39O2PS2. The molecule has 0 bridgehead atoms. The van der Waals surface area contributed by atoms with Crippen LogP contribution >= 0.6 is 17.9 Å². The van der Waals surface area contributed by atoms with Gasteiger partial charge >= 0.3 is 0 Å². The molecule has 0 spiro atoms. The molecule has 0 aliphatic carbocycles. The minimum atomic E-state index is -2.73. The Kier molecular flexibility index (Phi) is 18.4. The van der Waals surface area contributed by atoms with Crippen molar-refractivity contribution < 1.29 is 9.42 Å². The number of hydrogen-bond donors (Lipinski definition) is 2. The Morgan fingerprint density at radius 2 is 1.00 bits per heavy atom. The van der Waals surface area contributed by atoms with Gasteiger partial charge in [-0.15, -0.1) is 0 Å². The molecule has 2 nitrogen and oxygen atoms in total. The maximum atomic E-state index is 9.21. The second-order valence-corrected chi connectivity index (χ2v) is 11.8. The number of unbranched alkanes of at least 4 members (excludes halogenated alkanes) is 15. The van der Waals surface area contributed by atoms with E-state index >= 15 is 0 Å². The number of hydrogen-bond acceptors (Lipinski definition) is 2. The van der Waals surface area contributed by atoms with Crippen LogP contribution in [-0.4, -0.2) is 11.5 Å². The fourth-order valence-corrected chi connectivity index (χ4v) is 3.67. The Morgan fingerprint density at radius 3 is 1.30 bits per heavy atom. The largest absolute Gasteiger partial charge is 0.338 e. The standard InChI is InChI=1S/C18H39O2PS2/c1-2-3-4-5-6-7-8-9-10-11-12-13-14-15-16-17-18-20-21(19,22)23/h2-18H2,1H3,(H2,19,22,23). The van der Waals surface area contributed by atoms with Crippen molar-refractivity contribution in [3.05, 3.63) is 0 Å². The molecule has 0 aromatic heterocycles. The summed E-state index contributed by atoms with van der Waals surface area (Å²) >= 11 is 8.55. The second-order valence-electron chi connectivity index (χ2n) is 6.63. The molecule has 1 atom stereocenters. The van der Waals surface area contributed by atoms with Gasteiger partial charge in [0, 0.05) is 0 Å². The van der Waals surface area contributed by atoms with Crippen LogP contribution in [0, 0.1) is 0 Å². The maximum Gasteiger partial charge on any atom is 0.241 e. The first kappa shape index (κ1) is 23.9. The monoisotopic (exact) mass is 382 g/mol. The summed E-state index contributed by atoms with van der Waals surface area (Å²) in [5.41, 5.74) is -2.73. The zero-order chi connectivity index (χ0) is 17.2. The van der Waals surface area contributed by atoms with Crippen LogP contribution in [0.15, 0.2) is 0 Å². The summed E-state index contributed by atoms with van der Waals surface area (Å²) in [4.78, 5) is 9.21. The first-order valence-corrected chi connectivity index (χ1v) is 13.6. The second kappa shape index (κ2) is 17.7. The zero-order valence-electron chi connectivity index (χ0n) is 15.2. The van der Waals surface area contributed by atoms with Crippen molar-refractivity contribution in [3.63, 3.8) is 0 Å². The van der Waals surface area contributed by atoms with Gasteiger partial charge in [0.25, 0.3) is 0 Å². The van der Waals surface area contributed by atoms with Crippen molar-refractivity contribution >= 4 is 29.7 Å². The minimum Gasteiger partial charge on any atom is -0.338 e. The normalized spacial score (nSPS) is 14.0. The van der Waals surface area contributed by atoms with Gasteiger partial charge in [-0.05, 0) is 18.2 Å². The SMILES string of the molecule is CCCCCCCCCCCCCCCCCCOP(O)(=S)S. The van der Waals surface area contributed by atoms with E-state index in [1.165, 1.54) is 96.3 Å². The minimum absolute atomic E-state index is 0.551. The predicted molar refractivity (Wildman–Crippen MR) is 111 cm³/mol. The van der Waals surface area contributed by atoms with E-state index in [0.29, 0.717) is 6.61 Å². The van der Waals surface area contributed by atoms with E-state index in [1.807, 2.05) is 0 Å². The van der Waals surface area contributed by atoms with E-state index in [4.69, 9.17) is 16.3 Å². The van der Waals surface area contributed by atoms with Gasteiger partial charge < -0.3 is 9.42 Å². The van der Waals surface area contributed by atoms with Crippen LogP contribution in [0.25, 0.3) is 0 Å². The summed E-state index contributed by atoms with van der Waals surface area (Å²) < 4.78 is 5.09. The summed E-state index contributed by atoms with van der Waals surface area (Å²) in [7, 11) is 0. The van der Waals surface area contributed by atoms with Gasteiger partial charge in [-0.1, -0.05) is 115 Å². The van der Waals surface area contributed by atoms with Crippen LogP contribution in [0.3, 0.4) is 0 Å². The molecule has 0 saturated carbocycles. The highest BCUT2D eigenvalue weighted by atomic mass is 32.9. The smallest absolute Gasteiger partial charge is 0.241 e. The molecule has 0 saturated heterocycles. The average Bonchev–Trinajstić information content (AvgIpc) is 2.49. The highest BCUT2D eigenvalue weighted by Crippen LogP contribution is 2.47. The molecule has 0 amide bonds. The lowest BCUT2D eigenvalue weighted by molar-refractivity contribution is 0.307. The first-order chi connectivity index (χ1) is 11.1. The molecule has 0 radical (unpaired) electrons. The first-order valence-electron chi connectivity index (χ1n) is 9.76. The van der Waals surface area contributed by atoms with Crippen molar-refractivity contribution in [3.8, 4) is 0 Å². The lowest BCUT2D eigenvalue weighted by atomic mass is 10.0. The van der Waals surface area contributed by atoms with Crippen LogP contribution in [0.4, 0.5) is 0 Å². The summed E-state index contributed by atoms with van der Waals surface area (Å²) in [6.45, 7) is 2.83. The Bertz CT molecular complexity index is 282. The predicted octanol–water partition coefficient (Wildman–Crippen LogP) is 7.41. The Morgan fingerprint density at radius 1 is 0.696 bits per heavy atom. The molecule has 1 unspecified atom stereocenters. The third-order valence-corrected chi connectivity index (χ3v) is 5.44. The molecule has 23 heavy (non-hydrogen) atoms. The fraction of sp³-hybridized carbons (Fsp3) is 1.00. The molecule has 0 heterocycles. The van der Waals surface area contributed by atoms with Crippen molar-refractivity contribution in [2.75, 3.05) is 6.61 Å². The maximum absolute atomic E-state index is 9.21. The van der Waals surface area contributed by atoms with E-state index < -0.39 is 5.69 Å². The quantitative estimate of drug-likeness (QED) is 0.147. The Balaban J connectivity index is 3.01. The van der Waals surface area contributed by atoms with Gasteiger partial charge in [0.1, 0.15) is 0 Å². The molecule has 0 rings (SSSR count). The fourth-order valence-electron chi connectivity index (χ4n) is 2.83. The molecule has 0 aromatic carbocycles. The van der Waals surface area contributed by atoms with E-state index in [1.54, 1.807) is 0 Å². The lowest BCUT2D eigenvalue weighted by Crippen LogP contribution is -1.89. The Labute approximate surface area is 155 Å². The van der Waals surface area contributed by atoms with Gasteiger partial charge in [-0.2, -0.15) is 0 Å². The van der Waals surface area contributed by atoms with Crippen LogP contribution in [0.1, 0.15) is 110 Å². The van der Waals surface area contributed by atoms with Gasteiger partial charge in [0.05, 0.1) is 6.61 Å². The summed E-state index contributed by atoms with van der Waals surface area (Å²) in [6, 6.07) is 0. The number of rotatable bonds is 18. The summed E-state index contributed by atoms with van der Waals surface area (Å²) in [5.74, 6) is 0. The lowest BCUT2D eigenvalue weighted by Gasteiger charge is -2.08. The van der Waals surface area contributed by atoms with Crippen LogP contribution < -0.4 is 0 Å².